The second kappa shape index (κ2) is 3.04. The molecule has 0 amide bonds. The molecular weight excluding hydrogens is 195 g/mol. The number of aliphatic imine (C=N–C) groups is 2. The van der Waals surface area contributed by atoms with Crippen LogP contribution < -0.4 is 0 Å². The van der Waals surface area contributed by atoms with Crippen molar-refractivity contribution < 1.29 is 0 Å². The molecule has 1 heterocycles. The zero-order valence-electron chi connectivity index (χ0n) is 6.17. The van der Waals surface area contributed by atoms with Gasteiger partial charge in [-0.05, 0) is 12.5 Å². The molecule has 0 aromatic rings. The van der Waals surface area contributed by atoms with Gasteiger partial charge in [-0.2, -0.15) is 0 Å². The Balaban J connectivity index is 2.37. The van der Waals surface area contributed by atoms with Crippen LogP contribution in [-0.2, 0) is 0 Å². The average Bonchev–Trinajstić information content (AvgIpc) is 2.04. The van der Waals surface area contributed by atoms with Gasteiger partial charge in [-0.25, -0.2) is 9.98 Å². The van der Waals surface area contributed by atoms with E-state index in [0.29, 0.717) is 5.17 Å². The Hall–Kier alpha value is -0.600. The van der Waals surface area contributed by atoms with Crippen LogP contribution in [0.5, 0.6) is 0 Å². The molecule has 1 aliphatic heterocycles. The van der Waals surface area contributed by atoms with Gasteiger partial charge < -0.3 is 0 Å². The van der Waals surface area contributed by atoms with Gasteiger partial charge in [-0.15, -0.1) is 0 Å². The van der Waals surface area contributed by atoms with Crippen LogP contribution in [-0.4, -0.2) is 11.5 Å². The van der Waals surface area contributed by atoms with Crippen molar-refractivity contribution in [2.45, 2.75) is 6.42 Å². The van der Waals surface area contributed by atoms with Crippen LogP contribution >= 0.6 is 23.2 Å². The van der Waals surface area contributed by atoms with Crippen molar-refractivity contribution in [1.82, 2.24) is 0 Å². The lowest BCUT2D eigenvalue weighted by molar-refractivity contribution is 0.798. The van der Waals surface area contributed by atoms with Crippen LogP contribution in [0.1, 0.15) is 6.42 Å². The van der Waals surface area contributed by atoms with E-state index in [1.807, 2.05) is 12.2 Å². The monoisotopic (exact) mass is 200 g/mol. The summed E-state index contributed by atoms with van der Waals surface area (Å²) in [5, 5.41) is 1.32. The number of fused-ring (bicyclic) bond motifs is 1. The molecule has 0 fully saturated rings. The third kappa shape index (κ3) is 1.32. The molecule has 12 heavy (non-hydrogen) atoms. The normalized spacial score (nSPS) is 27.2. The van der Waals surface area contributed by atoms with Gasteiger partial charge in [0, 0.05) is 5.03 Å². The average molecular weight is 201 g/mol. The highest BCUT2D eigenvalue weighted by molar-refractivity contribution is 6.67. The van der Waals surface area contributed by atoms with Crippen molar-refractivity contribution in [3.8, 4) is 0 Å². The first-order valence-corrected chi connectivity index (χ1v) is 4.36. The number of nitrogens with zero attached hydrogens (tertiary/aromatic N) is 2. The third-order valence-corrected chi connectivity index (χ3v) is 2.49. The second-order valence-corrected chi connectivity index (χ2v) is 3.47. The summed E-state index contributed by atoms with van der Waals surface area (Å²) in [5.41, 5.74) is 0.905. The number of halogens is 2. The van der Waals surface area contributed by atoms with Gasteiger partial charge in [0.2, 0.25) is 0 Å². The standard InChI is InChI=1S/C8H6Cl2N2/c9-5-1-2-6-7(3-5)11-4-12-8(6)10/h1,3-4,6H,2H2. The highest BCUT2D eigenvalue weighted by Crippen LogP contribution is 2.30. The minimum absolute atomic E-state index is 0.124. The van der Waals surface area contributed by atoms with Crippen LogP contribution in [0, 0.1) is 5.92 Å². The van der Waals surface area contributed by atoms with E-state index in [2.05, 4.69) is 9.98 Å². The predicted molar refractivity (Wildman–Crippen MR) is 51.9 cm³/mol. The lowest BCUT2D eigenvalue weighted by Gasteiger charge is -2.19. The predicted octanol–water partition coefficient (Wildman–Crippen LogP) is 2.69. The van der Waals surface area contributed by atoms with Crippen LogP contribution in [0.4, 0.5) is 0 Å². The smallest absolute Gasteiger partial charge is 0.117 e. The largest absolute Gasteiger partial charge is 0.241 e. The molecule has 62 valence electrons. The summed E-state index contributed by atoms with van der Waals surface area (Å²) in [6, 6.07) is 0. The molecule has 0 saturated carbocycles. The van der Waals surface area contributed by atoms with Gasteiger partial charge in [0.05, 0.1) is 11.6 Å². The highest BCUT2D eigenvalue weighted by atomic mass is 35.5. The highest BCUT2D eigenvalue weighted by Gasteiger charge is 2.23. The molecule has 1 atom stereocenters. The maximum Gasteiger partial charge on any atom is 0.117 e. The van der Waals surface area contributed by atoms with E-state index >= 15 is 0 Å². The zero-order valence-corrected chi connectivity index (χ0v) is 7.68. The summed E-state index contributed by atoms with van der Waals surface area (Å²) in [7, 11) is 0. The summed E-state index contributed by atoms with van der Waals surface area (Å²) in [4.78, 5) is 8.01. The van der Waals surface area contributed by atoms with Gasteiger partial charge in [-0.3, -0.25) is 0 Å². The number of hydrogen-bond donors (Lipinski definition) is 0. The summed E-state index contributed by atoms with van der Waals surface area (Å²) >= 11 is 11.7. The van der Waals surface area contributed by atoms with Crippen molar-refractivity contribution in [3.63, 3.8) is 0 Å². The van der Waals surface area contributed by atoms with Gasteiger partial charge in [0.15, 0.2) is 0 Å². The Morgan fingerprint density at radius 1 is 1.42 bits per heavy atom. The van der Waals surface area contributed by atoms with E-state index in [4.69, 9.17) is 23.2 Å². The quantitative estimate of drug-likeness (QED) is 0.575. The first kappa shape index (κ1) is 8.02. The van der Waals surface area contributed by atoms with Crippen molar-refractivity contribution in [2.75, 3.05) is 0 Å². The topological polar surface area (TPSA) is 24.7 Å². The van der Waals surface area contributed by atoms with Gasteiger partial charge in [-0.1, -0.05) is 29.3 Å². The fourth-order valence-corrected chi connectivity index (χ4v) is 1.68. The maximum absolute atomic E-state index is 5.88. The van der Waals surface area contributed by atoms with Crippen molar-refractivity contribution in [3.05, 3.63) is 22.9 Å². The Morgan fingerprint density at radius 2 is 2.25 bits per heavy atom. The summed E-state index contributed by atoms with van der Waals surface area (Å²) < 4.78 is 0. The molecule has 1 aliphatic carbocycles. The minimum atomic E-state index is 0.124. The lowest BCUT2D eigenvalue weighted by Crippen LogP contribution is -2.16. The van der Waals surface area contributed by atoms with Crippen molar-refractivity contribution in [1.29, 1.82) is 0 Å². The number of hydrogen-bond acceptors (Lipinski definition) is 2. The van der Waals surface area contributed by atoms with Crippen LogP contribution in [0.25, 0.3) is 0 Å². The van der Waals surface area contributed by atoms with Crippen molar-refractivity contribution >= 4 is 34.7 Å². The molecule has 0 spiro atoms. The minimum Gasteiger partial charge on any atom is -0.241 e. The van der Waals surface area contributed by atoms with Gasteiger partial charge in [0.25, 0.3) is 0 Å². The van der Waals surface area contributed by atoms with Crippen LogP contribution in [0.2, 0.25) is 0 Å². The summed E-state index contributed by atoms with van der Waals surface area (Å²) in [6.07, 6.45) is 6.00. The molecule has 0 aromatic carbocycles. The molecule has 2 nitrogen and oxygen atoms in total. The molecule has 0 N–H and O–H groups in total. The summed E-state index contributed by atoms with van der Waals surface area (Å²) in [5.74, 6) is 0.124. The van der Waals surface area contributed by atoms with E-state index in [-0.39, 0.29) is 5.92 Å². The molecule has 0 aromatic heterocycles. The fourth-order valence-electron chi connectivity index (χ4n) is 1.24. The molecule has 0 bridgehead atoms. The van der Waals surface area contributed by atoms with E-state index in [9.17, 15) is 0 Å². The Bertz CT molecular complexity index is 326. The van der Waals surface area contributed by atoms with Gasteiger partial charge >= 0.3 is 0 Å². The summed E-state index contributed by atoms with van der Waals surface area (Å²) in [6.45, 7) is 0. The second-order valence-electron chi connectivity index (χ2n) is 2.64. The maximum atomic E-state index is 5.88. The first-order valence-electron chi connectivity index (χ1n) is 3.60. The number of allylic oxidation sites excluding steroid dienone is 4. The molecule has 1 unspecified atom stereocenters. The van der Waals surface area contributed by atoms with E-state index < -0.39 is 0 Å². The Kier molecular flexibility index (Phi) is 2.03. The van der Waals surface area contributed by atoms with Crippen LogP contribution in [0.3, 0.4) is 0 Å². The molecule has 0 radical (unpaired) electrons. The SMILES string of the molecule is ClC1=CCC2C(=C1)N=CN=C2Cl. The van der Waals surface area contributed by atoms with Gasteiger partial charge in [0.1, 0.15) is 11.5 Å². The van der Waals surface area contributed by atoms with Crippen molar-refractivity contribution in [2.24, 2.45) is 15.9 Å². The third-order valence-electron chi connectivity index (χ3n) is 1.87. The van der Waals surface area contributed by atoms with E-state index in [1.165, 1.54) is 6.34 Å². The Morgan fingerprint density at radius 3 is 3.08 bits per heavy atom. The first-order chi connectivity index (χ1) is 5.77. The molecule has 4 heteroatoms. The molecule has 2 rings (SSSR count). The zero-order chi connectivity index (χ0) is 8.55. The molecule has 0 saturated heterocycles. The molecular formula is C8H6Cl2N2. The Labute approximate surface area is 80.3 Å². The fraction of sp³-hybridized carbons (Fsp3) is 0.250. The van der Waals surface area contributed by atoms with E-state index in [1.54, 1.807) is 0 Å². The molecule has 2 aliphatic rings. The lowest BCUT2D eigenvalue weighted by atomic mass is 9.97. The van der Waals surface area contributed by atoms with E-state index in [0.717, 1.165) is 17.2 Å². The van der Waals surface area contributed by atoms with Crippen LogP contribution in [0.15, 0.2) is 32.9 Å². The number of rotatable bonds is 0.